The molecule has 0 N–H and O–H groups in total. The van der Waals surface area contributed by atoms with Gasteiger partial charge in [-0.15, -0.1) is 0 Å². The molecule has 1 aromatic heterocycles. The Morgan fingerprint density at radius 2 is 1.56 bits per heavy atom. The van der Waals surface area contributed by atoms with Crippen LogP contribution in [-0.4, -0.2) is 12.1 Å². The first-order chi connectivity index (χ1) is 16.2. The van der Waals surface area contributed by atoms with Gasteiger partial charge in [-0.2, -0.15) is 13.2 Å². The smallest absolute Gasteiger partial charge is 0.380 e. The first-order valence-electron chi connectivity index (χ1n) is 10.4. The van der Waals surface area contributed by atoms with Gasteiger partial charge in [0, 0.05) is 24.3 Å². The minimum atomic E-state index is -5.13. The van der Waals surface area contributed by atoms with E-state index in [1.54, 1.807) is 43.6 Å². The third kappa shape index (κ3) is 4.92. The topological polar surface area (TPSA) is 22.1 Å². The molecule has 8 heteroatoms. The number of aromatic nitrogens is 1. The highest BCUT2D eigenvalue weighted by atomic mass is 19.4. The molecule has 0 atom stereocenters. The Balaban J connectivity index is 1.55. The third-order valence-corrected chi connectivity index (χ3v) is 5.53. The van der Waals surface area contributed by atoms with E-state index in [4.69, 9.17) is 4.74 Å². The zero-order chi connectivity index (χ0) is 24.5. The Kier molecular flexibility index (Phi) is 6.61. The lowest BCUT2D eigenvalue weighted by atomic mass is 9.97. The zero-order valence-electron chi connectivity index (χ0n) is 18.0. The van der Waals surface area contributed by atoms with Gasteiger partial charge in [0.25, 0.3) is 0 Å². The molecular formula is C26H19F6NO. The van der Waals surface area contributed by atoms with E-state index < -0.39 is 29.2 Å². The molecule has 0 saturated carbocycles. The van der Waals surface area contributed by atoms with Crippen LogP contribution in [-0.2, 0) is 30.4 Å². The van der Waals surface area contributed by atoms with Crippen molar-refractivity contribution in [3.05, 3.63) is 100 Å². The number of pyridine rings is 1. The molecule has 4 rings (SSSR count). The highest BCUT2D eigenvalue weighted by Gasteiger charge is 2.37. The van der Waals surface area contributed by atoms with E-state index in [0.29, 0.717) is 35.1 Å². The summed E-state index contributed by atoms with van der Waals surface area (Å²) < 4.78 is 86.0. The molecule has 1 heterocycles. The molecule has 0 aliphatic heterocycles. The molecular weight excluding hydrogens is 456 g/mol. The van der Waals surface area contributed by atoms with Gasteiger partial charge in [0.2, 0.25) is 0 Å². The largest absolute Gasteiger partial charge is 0.422 e. The van der Waals surface area contributed by atoms with E-state index in [1.165, 1.54) is 0 Å². The number of benzene rings is 3. The van der Waals surface area contributed by atoms with Crippen LogP contribution in [0.15, 0.2) is 60.8 Å². The Bertz CT molecular complexity index is 1310. The number of fused-ring (bicyclic) bond motifs is 1. The number of alkyl halides is 3. The van der Waals surface area contributed by atoms with E-state index in [2.05, 4.69) is 4.98 Å². The van der Waals surface area contributed by atoms with Crippen LogP contribution in [0.25, 0.3) is 22.0 Å². The van der Waals surface area contributed by atoms with Crippen molar-refractivity contribution >= 4 is 10.8 Å². The molecule has 0 saturated heterocycles. The lowest BCUT2D eigenvalue weighted by Gasteiger charge is -2.12. The van der Waals surface area contributed by atoms with Gasteiger partial charge < -0.3 is 4.74 Å². The minimum absolute atomic E-state index is 0.0147. The molecule has 4 aromatic rings. The molecule has 0 aliphatic carbocycles. The van der Waals surface area contributed by atoms with Crippen LogP contribution in [0.1, 0.15) is 22.3 Å². The summed E-state index contributed by atoms with van der Waals surface area (Å²) in [4.78, 5) is 4.41. The van der Waals surface area contributed by atoms with E-state index in [-0.39, 0.29) is 18.4 Å². The SMILES string of the molecule is COCc1ccc(-c2ccc3c(F)c(CCc4cc(F)c(C(F)(F)F)c(F)c4)ccc3c2)nc1. The van der Waals surface area contributed by atoms with E-state index in [0.717, 1.165) is 16.8 Å². The molecule has 0 radical (unpaired) electrons. The fourth-order valence-electron chi connectivity index (χ4n) is 3.86. The first-order valence-corrected chi connectivity index (χ1v) is 10.4. The van der Waals surface area contributed by atoms with Gasteiger partial charge in [-0.25, -0.2) is 13.2 Å². The maximum absolute atomic E-state index is 15.1. The van der Waals surface area contributed by atoms with E-state index >= 15 is 4.39 Å². The number of rotatable bonds is 6. The van der Waals surface area contributed by atoms with Gasteiger partial charge in [0.15, 0.2) is 0 Å². The van der Waals surface area contributed by atoms with Gasteiger partial charge >= 0.3 is 6.18 Å². The lowest BCUT2D eigenvalue weighted by Crippen LogP contribution is -2.12. The van der Waals surface area contributed by atoms with Gasteiger partial charge in [0.05, 0.1) is 12.3 Å². The zero-order valence-corrected chi connectivity index (χ0v) is 18.0. The fourth-order valence-corrected chi connectivity index (χ4v) is 3.86. The molecule has 2 nitrogen and oxygen atoms in total. The Labute approximate surface area is 191 Å². The summed E-state index contributed by atoms with van der Waals surface area (Å²) in [6.07, 6.45) is -3.38. The minimum Gasteiger partial charge on any atom is -0.380 e. The summed E-state index contributed by atoms with van der Waals surface area (Å²) in [7, 11) is 1.60. The van der Waals surface area contributed by atoms with Crippen LogP contribution in [0.2, 0.25) is 0 Å². The van der Waals surface area contributed by atoms with Crippen LogP contribution < -0.4 is 0 Å². The van der Waals surface area contributed by atoms with Crippen molar-refractivity contribution in [3.63, 3.8) is 0 Å². The fraction of sp³-hybridized carbons (Fsp3) is 0.192. The number of aryl methyl sites for hydroxylation is 2. The molecule has 0 fully saturated rings. The van der Waals surface area contributed by atoms with Crippen LogP contribution in [0, 0.1) is 17.5 Å². The summed E-state index contributed by atoms with van der Waals surface area (Å²) >= 11 is 0. The molecule has 3 aromatic carbocycles. The summed E-state index contributed by atoms with van der Waals surface area (Å²) in [5, 5.41) is 1.01. The highest BCUT2D eigenvalue weighted by molar-refractivity contribution is 5.88. The number of hydrogen-bond donors (Lipinski definition) is 0. The summed E-state index contributed by atoms with van der Waals surface area (Å²) in [6, 6.07) is 13.5. The van der Waals surface area contributed by atoms with Crippen molar-refractivity contribution in [2.75, 3.05) is 7.11 Å². The van der Waals surface area contributed by atoms with E-state index in [9.17, 15) is 22.0 Å². The van der Waals surface area contributed by atoms with Gasteiger partial charge in [-0.3, -0.25) is 4.98 Å². The van der Waals surface area contributed by atoms with Crippen molar-refractivity contribution in [1.29, 1.82) is 0 Å². The number of nitrogens with zero attached hydrogens (tertiary/aromatic N) is 1. The quantitative estimate of drug-likeness (QED) is 0.274. The molecule has 0 aliphatic rings. The number of methoxy groups -OCH3 is 1. The van der Waals surface area contributed by atoms with Crippen molar-refractivity contribution in [1.82, 2.24) is 4.98 Å². The number of hydrogen-bond acceptors (Lipinski definition) is 2. The molecule has 0 amide bonds. The maximum atomic E-state index is 15.1. The van der Waals surface area contributed by atoms with Crippen LogP contribution in [0.3, 0.4) is 0 Å². The van der Waals surface area contributed by atoms with Crippen LogP contribution in [0.5, 0.6) is 0 Å². The first kappa shape index (κ1) is 23.8. The molecule has 0 unspecified atom stereocenters. The van der Waals surface area contributed by atoms with Crippen molar-refractivity contribution in [3.8, 4) is 11.3 Å². The normalized spacial score (nSPS) is 11.9. The third-order valence-electron chi connectivity index (χ3n) is 5.53. The monoisotopic (exact) mass is 475 g/mol. The van der Waals surface area contributed by atoms with Gasteiger partial charge in [-0.1, -0.05) is 30.3 Å². The molecule has 34 heavy (non-hydrogen) atoms. The highest BCUT2D eigenvalue weighted by Crippen LogP contribution is 2.34. The Morgan fingerprint density at radius 3 is 2.18 bits per heavy atom. The average Bonchev–Trinajstić information content (AvgIpc) is 2.78. The predicted octanol–water partition coefficient (Wildman–Crippen LogP) is 7.27. The molecule has 176 valence electrons. The number of ether oxygens (including phenoxy) is 1. The van der Waals surface area contributed by atoms with Gasteiger partial charge in [0.1, 0.15) is 23.0 Å². The predicted molar refractivity (Wildman–Crippen MR) is 117 cm³/mol. The standard InChI is InChI=1S/C26H19F6NO/c1-34-14-16-3-9-23(33-13-16)19-7-8-20-18(12-19)6-5-17(25(20)29)4-2-15-10-21(27)24(22(28)11-15)26(30,31)32/h3,5-13H,2,4,14H2,1H3. The Morgan fingerprint density at radius 1 is 0.824 bits per heavy atom. The summed E-state index contributed by atoms with van der Waals surface area (Å²) in [5.41, 5.74) is 0.836. The number of halogens is 6. The second kappa shape index (κ2) is 9.46. The molecule has 0 bridgehead atoms. The van der Waals surface area contributed by atoms with E-state index in [1.807, 2.05) is 12.1 Å². The average molecular weight is 475 g/mol. The van der Waals surface area contributed by atoms with Crippen molar-refractivity contribution in [2.24, 2.45) is 0 Å². The van der Waals surface area contributed by atoms with Crippen LogP contribution >= 0.6 is 0 Å². The van der Waals surface area contributed by atoms with Crippen LogP contribution in [0.4, 0.5) is 26.3 Å². The summed E-state index contributed by atoms with van der Waals surface area (Å²) in [6.45, 7) is 0.449. The van der Waals surface area contributed by atoms with Crippen molar-refractivity contribution < 1.29 is 31.1 Å². The van der Waals surface area contributed by atoms with Crippen molar-refractivity contribution in [2.45, 2.75) is 25.6 Å². The lowest BCUT2D eigenvalue weighted by molar-refractivity contribution is -0.142. The molecule has 0 spiro atoms. The van der Waals surface area contributed by atoms with Gasteiger partial charge in [-0.05, 0) is 59.2 Å². The Hall–Kier alpha value is -3.39. The summed E-state index contributed by atoms with van der Waals surface area (Å²) in [5.74, 6) is -3.85. The second-order valence-corrected chi connectivity index (χ2v) is 7.89. The second-order valence-electron chi connectivity index (χ2n) is 7.89. The maximum Gasteiger partial charge on any atom is 0.422 e.